The summed E-state index contributed by atoms with van der Waals surface area (Å²) in [5.74, 6) is 0.808. The molecule has 8 heteroatoms. The van der Waals surface area contributed by atoms with Gasteiger partial charge in [0.05, 0.1) is 15.7 Å². The molecule has 0 spiro atoms. The van der Waals surface area contributed by atoms with Crippen molar-refractivity contribution in [2.24, 2.45) is 0 Å². The van der Waals surface area contributed by atoms with Gasteiger partial charge in [0.25, 0.3) is 5.91 Å². The van der Waals surface area contributed by atoms with Gasteiger partial charge in [0, 0.05) is 63.5 Å². The highest BCUT2D eigenvalue weighted by Gasteiger charge is 2.29. The molecule has 1 aromatic heterocycles. The van der Waals surface area contributed by atoms with E-state index in [0.29, 0.717) is 28.7 Å². The van der Waals surface area contributed by atoms with Crippen molar-refractivity contribution in [2.75, 3.05) is 44.2 Å². The Bertz CT molecular complexity index is 972. The fourth-order valence-corrected chi connectivity index (χ4v) is 4.97. The van der Waals surface area contributed by atoms with Gasteiger partial charge in [0.15, 0.2) is 0 Å². The Morgan fingerprint density at radius 2 is 1.74 bits per heavy atom. The van der Waals surface area contributed by atoms with Crippen molar-refractivity contribution in [2.45, 2.75) is 38.1 Å². The van der Waals surface area contributed by atoms with E-state index in [1.165, 1.54) is 19.3 Å². The third-order valence-corrected chi connectivity index (χ3v) is 7.59. The van der Waals surface area contributed by atoms with Crippen LogP contribution in [0.3, 0.4) is 0 Å². The maximum Gasteiger partial charge on any atom is 0.253 e. The fourth-order valence-electron chi connectivity index (χ4n) is 4.67. The second-order valence-corrected chi connectivity index (χ2v) is 9.49. The van der Waals surface area contributed by atoms with Crippen LogP contribution in [0.4, 0.5) is 5.95 Å². The zero-order valence-corrected chi connectivity index (χ0v) is 19.1. The van der Waals surface area contributed by atoms with E-state index in [1.807, 2.05) is 11.1 Å². The highest BCUT2D eigenvalue weighted by atomic mass is 35.5. The van der Waals surface area contributed by atoms with Crippen LogP contribution in [0, 0.1) is 0 Å². The number of hydrogen-bond donors (Lipinski definition) is 0. The topological polar surface area (TPSA) is 52.6 Å². The molecule has 2 fully saturated rings. The van der Waals surface area contributed by atoms with Gasteiger partial charge in [-0.25, -0.2) is 9.97 Å². The van der Waals surface area contributed by atoms with E-state index < -0.39 is 0 Å². The summed E-state index contributed by atoms with van der Waals surface area (Å²) in [4.78, 5) is 29.4. The Hall–Kier alpha value is -1.89. The normalized spacial score (nSPS) is 20.2. The van der Waals surface area contributed by atoms with Gasteiger partial charge in [0.2, 0.25) is 5.95 Å². The molecule has 6 nitrogen and oxygen atoms in total. The summed E-state index contributed by atoms with van der Waals surface area (Å²) in [5, 5.41) is 0.858. The quantitative estimate of drug-likeness (QED) is 0.700. The SMILES string of the molecule is O=C(c1ccc(Cl)c(Cl)c1)N1CCc2cnc(N3CCN(C4CCC4)CC3)nc2CC1. The van der Waals surface area contributed by atoms with Crippen LogP contribution in [0.25, 0.3) is 0 Å². The lowest BCUT2D eigenvalue weighted by Gasteiger charge is -2.43. The lowest BCUT2D eigenvalue weighted by molar-refractivity contribution is 0.0763. The molecule has 1 saturated heterocycles. The number of fused-ring (bicyclic) bond motifs is 1. The number of aromatic nitrogens is 2. The Kier molecular flexibility index (Phi) is 6.04. The Labute approximate surface area is 193 Å². The number of amides is 1. The number of nitrogens with zero attached hydrogens (tertiary/aromatic N) is 5. The molecule has 2 aliphatic heterocycles. The van der Waals surface area contributed by atoms with Crippen LogP contribution in [-0.2, 0) is 12.8 Å². The lowest BCUT2D eigenvalue weighted by Crippen LogP contribution is -2.52. The fraction of sp³-hybridized carbons (Fsp3) is 0.522. The van der Waals surface area contributed by atoms with Crippen molar-refractivity contribution in [1.29, 1.82) is 0 Å². The van der Waals surface area contributed by atoms with Crippen molar-refractivity contribution >= 4 is 35.1 Å². The third-order valence-electron chi connectivity index (χ3n) is 6.85. The number of halogens is 2. The van der Waals surface area contributed by atoms with Gasteiger partial charge in [-0.15, -0.1) is 0 Å². The van der Waals surface area contributed by atoms with Gasteiger partial charge in [-0.1, -0.05) is 29.6 Å². The molecule has 0 radical (unpaired) electrons. The van der Waals surface area contributed by atoms with Crippen LogP contribution in [0.1, 0.15) is 40.9 Å². The van der Waals surface area contributed by atoms with Crippen molar-refractivity contribution in [3.8, 4) is 0 Å². The van der Waals surface area contributed by atoms with Crippen molar-refractivity contribution in [1.82, 2.24) is 19.8 Å². The highest BCUT2D eigenvalue weighted by Crippen LogP contribution is 2.27. The molecule has 3 heterocycles. The minimum atomic E-state index is -0.0216. The molecule has 164 valence electrons. The molecular weight excluding hydrogens is 433 g/mol. The van der Waals surface area contributed by atoms with Gasteiger partial charge in [-0.05, 0) is 43.0 Å². The van der Waals surface area contributed by atoms with E-state index in [-0.39, 0.29) is 5.91 Å². The minimum absolute atomic E-state index is 0.0216. The average Bonchev–Trinajstić information content (AvgIpc) is 2.97. The van der Waals surface area contributed by atoms with Gasteiger partial charge in [-0.2, -0.15) is 0 Å². The summed E-state index contributed by atoms with van der Waals surface area (Å²) in [6.45, 7) is 5.44. The summed E-state index contributed by atoms with van der Waals surface area (Å²) in [5.41, 5.74) is 2.77. The summed E-state index contributed by atoms with van der Waals surface area (Å²) < 4.78 is 0. The largest absolute Gasteiger partial charge is 0.338 e. The molecule has 2 aromatic rings. The monoisotopic (exact) mass is 459 g/mol. The van der Waals surface area contributed by atoms with Gasteiger partial charge >= 0.3 is 0 Å². The third kappa shape index (κ3) is 4.38. The summed E-state index contributed by atoms with van der Waals surface area (Å²) >= 11 is 12.1. The molecule has 5 rings (SSSR count). The van der Waals surface area contributed by atoms with Gasteiger partial charge in [0.1, 0.15) is 0 Å². The molecule has 1 aromatic carbocycles. The smallest absolute Gasteiger partial charge is 0.253 e. The summed E-state index contributed by atoms with van der Waals surface area (Å²) in [6.07, 6.45) is 7.55. The number of carbonyl (C=O) groups excluding carboxylic acids is 1. The predicted molar refractivity (Wildman–Crippen MR) is 123 cm³/mol. The van der Waals surface area contributed by atoms with Crippen LogP contribution in [0.15, 0.2) is 24.4 Å². The zero-order valence-electron chi connectivity index (χ0n) is 17.6. The van der Waals surface area contributed by atoms with E-state index >= 15 is 0 Å². The van der Waals surface area contributed by atoms with E-state index in [2.05, 4.69) is 14.8 Å². The average molecular weight is 460 g/mol. The molecule has 1 saturated carbocycles. The van der Waals surface area contributed by atoms with E-state index in [0.717, 1.165) is 62.3 Å². The number of anilines is 1. The first kappa shape index (κ1) is 21.0. The van der Waals surface area contributed by atoms with E-state index in [4.69, 9.17) is 28.2 Å². The Balaban J connectivity index is 1.24. The maximum absolute atomic E-state index is 13.0. The van der Waals surface area contributed by atoms with Gasteiger partial charge < -0.3 is 9.80 Å². The molecular formula is C23H27Cl2N5O. The number of benzene rings is 1. The standard InChI is InChI=1S/C23H27Cl2N5O/c24-19-5-4-16(14-20(19)25)22(31)29-8-6-17-15-26-23(27-21(17)7-9-29)30-12-10-28(11-13-30)18-2-1-3-18/h4-5,14-15,18H,1-3,6-13H2. The minimum Gasteiger partial charge on any atom is -0.338 e. The maximum atomic E-state index is 13.0. The van der Waals surface area contributed by atoms with E-state index in [9.17, 15) is 4.79 Å². The van der Waals surface area contributed by atoms with Crippen LogP contribution in [0.2, 0.25) is 10.0 Å². The number of rotatable bonds is 3. The molecule has 0 atom stereocenters. The van der Waals surface area contributed by atoms with Crippen molar-refractivity contribution < 1.29 is 4.79 Å². The molecule has 1 aliphatic carbocycles. The van der Waals surface area contributed by atoms with Crippen LogP contribution >= 0.6 is 23.2 Å². The van der Waals surface area contributed by atoms with E-state index in [1.54, 1.807) is 18.2 Å². The van der Waals surface area contributed by atoms with Crippen LogP contribution < -0.4 is 4.90 Å². The summed E-state index contributed by atoms with van der Waals surface area (Å²) in [7, 11) is 0. The van der Waals surface area contributed by atoms with Gasteiger partial charge in [-0.3, -0.25) is 9.69 Å². The molecule has 0 N–H and O–H groups in total. The summed E-state index contributed by atoms with van der Waals surface area (Å²) in [6, 6.07) is 5.85. The Morgan fingerprint density at radius 3 is 2.45 bits per heavy atom. The molecule has 0 unspecified atom stereocenters. The number of carbonyl (C=O) groups is 1. The first-order chi connectivity index (χ1) is 15.1. The molecule has 3 aliphatic rings. The van der Waals surface area contributed by atoms with Crippen LogP contribution in [0.5, 0.6) is 0 Å². The molecule has 1 amide bonds. The van der Waals surface area contributed by atoms with Crippen LogP contribution in [-0.4, -0.2) is 71.0 Å². The second-order valence-electron chi connectivity index (χ2n) is 8.67. The van der Waals surface area contributed by atoms with Crippen molar-refractivity contribution in [3.05, 3.63) is 51.3 Å². The number of hydrogen-bond acceptors (Lipinski definition) is 5. The highest BCUT2D eigenvalue weighted by molar-refractivity contribution is 6.42. The van der Waals surface area contributed by atoms with Crippen molar-refractivity contribution in [3.63, 3.8) is 0 Å². The lowest BCUT2D eigenvalue weighted by atomic mass is 9.91. The Morgan fingerprint density at radius 1 is 0.968 bits per heavy atom. The molecule has 31 heavy (non-hydrogen) atoms. The second kappa shape index (κ2) is 8.93. The molecule has 0 bridgehead atoms. The first-order valence-electron chi connectivity index (χ1n) is 11.2. The first-order valence-corrected chi connectivity index (χ1v) is 11.9. The number of piperazine rings is 1. The zero-order chi connectivity index (χ0) is 21.4. The predicted octanol–water partition coefficient (Wildman–Crippen LogP) is 3.70.